The third kappa shape index (κ3) is 2.56. The topological polar surface area (TPSA) is 12.4 Å². The number of rotatable bonds is 3. The molecule has 0 aromatic heterocycles. The summed E-state index contributed by atoms with van der Waals surface area (Å²) < 4.78 is 0. The molecule has 0 amide bonds. The van der Waals surface area contributed by atoms with E-state index in [1.54, 1.807) is 6.20 Å². The van der Waals surface area contributed by atoms with Crippen LogP contribution in [0, 0.1) is 6.92 Å². The first kappa shape index (κ1) is 10.7. The molecule has 1 aromatic carbocycles. The summed E-state index contributed by atoms with van der Waals surface area (Å²) in [6.07, 6.45) is 3.39. The standard InChI is InChI=1S/C13H17N/c1-5-14-9-13-7-6-12(10(2)3)8-11(13)4/h5-10H,1H2,2-4H3. The van der Waals surface area contributed by atoms with E-state index >= 15 is 0 Å². The number of aryl methyl sites for hydroxylation is 1. The Morgan fingerprint density at radius 3 is 2.57 bits per heavy atom. The van der Waals surface area contributed by atoms with Crippen molar-refractivity contribution in [3.63, 3.8) is 0 Å². The number of hydrogen-bond donors (Lipinski definition) is 0. The minimum absolute atomic E-state index is 0.582. The Balaban J connectivity index is 3.01. The summed E-state index contributed by atoms with van der Waals surface area (Å²) >= 11 is 0. The molecule has 14 heavy (non-hydrogen) atoms. The molecule has 0 N–H and O–H groups in total. The second kappa shape index (κ2) is 4.75. The molecule has 0 radical (unpaired) electrons. The Kier molecular flexibility index (Phi) is 3.63. The molecule has 0 atom stereocenters. The fraction of sp³-hybridized carbons (Fsp3) is 0.308. The molecule has 74 valence electrons. The van der Waals surface area contributed by atoms with Crippen molar-refractivity contribution < 1.29 is 0 Å². The quantitative estimate of drug-likeness (QED) is 0.640. The molecule has 1 heteroatoms. The first-order valence-corrected chi connectivity index (χ1v) is 4.89. The predicted molar refractivity (Wildman–Crippen MR) is 63.1 cm³/mol. The lowest BCUT2D eigenvalue weighted by atomic mass is 9.98. The van der Waals surface area contributed by atoms with E-state index in [0.29, 0.717) is 5.92 Å². The van der Waals surface area contributed by atoms with Gasteiger partial charge in [0.1, 0.15) is 0 Å². The van der Waals surface area contributed by atoms with Crippen LogP contribution in [0.15, 0.2) is 36.0 Å². The molecule has 0 heterocycles. The number of hydrogen-bond acceptors (Lipinski definition) is 1. The maximum atomic E-state index is 4.02. The fourth-order valence-corrected chi connectivity index (χ4v) is 1.34. The van der Waals surface area contributed by atoms with Crippen LogP contribution in [-0.2, 0) is 0 Å². The van der Waals surface area contributed by atoms with Crippen LogP contribution in [0.25, 0.3) is 0 Å². The van der Waals surface area contributed by atoms with Crippen LogP contribution in [0.2, 0.25) is 0 Å². The summed E-state index contributed by atoms with van der Waals surface area (Å²) in [5.41, 5.74) is 3.80. The largest absolute Gasteiger partial charge is 0.265 e. The van der Waals surface area contributed by atoms with E-state index in [-0.39, 0.29) is 0 Å². The van der Waals surface area contributed by atoms with E-state index in [0.717, 1.165) is 5.56 Å². The van der Waals surface area contributed by atoms with Gasteiger partial charge in [-0.15, -0.1) is 0 Å². The van der Waals surface area contributed by atoms with Gasteiger partial charge in [0.25, 0.3) is 0 Å². The van der Waals surface area contributed by atoms with Crippen molar-refractivity contribution in [2.75, 3.05) is 0 Å². The molecule has 0 unspecified atom stereocenters. The third-order valence-electron chi connectivity index (χ3n) is 2.28. The molecule has 0 bridgehead atoms. The SMILES string of the molecule is C=CN=Cc1ccc(C(C)C)cc1C. The molecule has 0 saturated carbocycles. The molecule has 1 rings (SSSR count). The average molecular weight is 187 g/mol. The Hall–Kier alpha value is -1.37. The van der Waals surface area contributed by atoms with Gasteiger partial charge in [-0.05, 0) is 29.5 Å². The van der Waals surface area contributed by atoms with Crippen molar-refractivity contribution in [3.8, 4) is 0 Å². The molecule has 1 nitrogen and oxygen atoms in total. The normalized spacial score (nSPS) is 11.1. The highest BCUT2D eigenvalue weighted by molar-refractivity contribution is 5.82. The van der Waals surface area contributed by atoms with Crippen LogP contribution in [-0.4, -0.2) is 6.21 Å². The van der Waals surface area contributed by atoms with Gasteiger partial charge in [-0.25, -0.2) is 0 Å². The minimum Gasteiger partial charge on any atom is -0.265 e. The molecule has 0 aliphatic carbocycles. The van der Waals surface area contributed by atoms with Crippen molar-refractivity contribution in [2.45, 2.75) is 26.7 Å². The van der Waals surface area contributed by atoms with Crippen LogP contribution in [0.4, 0.5) is 0 Å². The van der Waals surface area contributed by atoms with Crippen LogP contribution >= 0.6 is 0 Å². The maximum Gasteiger partial charge on any atom is 0.0342 e. The summed E-state index contributed by atoms with van der Waals surface area (Å²) in [4.78, 5) is 4.02. The van der Waals surface area contributed by atoms with Crippen LogP contribution in [0.1, 0.15) is 36.5 Å². The van der Waals surface area contributed by atoms with Crippen molar-refractivity contribution >= 4 is 6.21 Å². The highest BCUT2D eigenvalue weighted by Gasteiger charge is 2.01. The summed E-state index contributed by atoms with van der Waals surface area (Å²) in [5.74, 6) is 0.582. The maximum absolute atomic E-state index is 4.02. The molecule has 0 fully saturated rings. The summed E-state index contributed by atoms with van der Waals surface area (Å²) in [6.45, 7) is 10.1. The van der Waals surface area contributed by atoms with Crippen LogP contribution < -0.4 is 0 Å². The molecule has 0 aliphatic rings. The van der Waals surface area contributed by atoms with Gasteiger partial charge in [-0.2, -0.15) is 0 Å². The van der Waals surface area contributed by atoms with E-state index in [1.807, 2.05) is 6.21 Å². The zero-order valence-electron chi connectivity index (χ0n) is 9.12. The van der Waals surface area contributed by atoms with Gasteiger partial charge in [0.2, 0.25) is 0 Å². The Labute approximate surface area is 86.2 Å². The highest BCUT2D eigenvalue weighted by Crippen LogP contribution is 2.17. The lowest BCUT2D eigenvalue weighted by molar-refractivity contribution is 0.865. The monoisotopic (exact) mass is 187 g/mol. The second-order valence-electron chi connectivity index (χ2n) is 3.73. The van der Waals surface area contributed by atoms with Gasteiger partial charge in [0, 0.05) is 12.4 Å². The van der Waals surface area contributed by atoms with Crippen molar-refractivity contribution in [3.05, 3.63) is 47.7 Å². The van der Waals surface area contributed by atoms with Crippen molar-refractivity contribution in [1.82, 2.24) is 0 Å². The molecule has 0 spiro atoms. The van der Waals surface area contributed by atoms with E-state index in [4.69, 9.17) is 0 Å². The summed E-state index contributed by atoms with van der Waals surface area (Å²) in [7, 11) is 0. The van der Waals surface area contributed by atoms with E-state index in [9.17, 15) is 0 Å². The summed E-state index contributed by atoms with van der Waals surface area (Å²) in [5, 5.41) is 0. The summed E-state index contributed by atoms with van der Waals surface area (Å²) in [6, 6.07) is 6.48. The van der Waals surface area contributed by atoms with E-state index in [2.05, 4.69) is 50.5 Å². The van der Waals surface area contributed by atoms with Gasteiger partial charge in [0.15, 0.2) is 0 Å². The molecule has 0 aliphatic heterocycles. The molecular weight excluding hydrogens is 170 g/mol. The number of nitrogens with zero attached hydrogens (tertiary/aromatic N) is 1. The predicted octanol–water partition coefficient (Wildman–Crippen LogP) is 3.68. The van der Waals surface area contributed by atoms with Crippen LogP contribution in [0.3, 0.4) is 0 Å². The van der Waals surface area contributed by atoms with E-state index < -0.39 is 0 Å². The molecular formula is C13H17N. The lowest BCUT2D eigenvalue weighted by Gasteiger charge is -2.07. The first-order chi connectivity index (χ1) is 6.65. The Morgan fingerprint density at radius 1 is 1.36 bits per heavy atom. The highest BCUT2D eigenvalue weighted by atomic mass is 14.7. The van der Waals surface area contributed by atoms with Gasteiger partial charge in [-0.3, -0.25) is 4.99 Å². The van der Waals surface area contributed by atoms with Crippen LogP contribution in [0.5, 0.6) is 0 Å². The van der Waals surface area contributed by atoms with Gasteiger partial charge in [-0.1, -0.05) is 38.6 Å². The third-order valence-corrected chi connectivity index (χ3v) is 2.28. The molecule has 0 saturated heterocycles. The zero-order valence-corrected chi connectivity index (χ0v) is 9.12. The fourth-order valence-electron chi connectivity index (χ4n) is 1.34. The van der Waals surface area contributed by atoms with Gasteiger partial charge in [0.05, 0.1) is 0 Å². The Morgan fingerprint density at radius 2 is 2.07 bits per heavy atom. The number of aliphatic imine (C=N–C) groups is 1. The zero-order chi connectivity index (χ0) is 10.6. The minimum atomic E-state index is 0.582. The van der Waals surface area contributed by atoms with Crippen molar-refractivity contribution in [2.24, 2.45) is 4.99 Å². The number of benzene rings is 1. The molecule has 1 aromatic rings. The smallest absolute Gasteiger partial charge is 0.0342 e. The Bertz CT molecular complexity index is 348. The van der Waals surface area contributed by atoms with Crippen molar-refractivity contribution in [1.29, 1.82) is 0 Å². The average Bonchev–Trinajstić information content (AvgIpc) is 2.15. The van der Waals surface area contributed by atoms with Gasteiger partial charge >= 0.3 is 0 Å². The van der Waals surface area contributed by atoms with Gasteiger partial charge < -0.3 is 0 Å². The second-order valence-corrected chi connectivity index (χ2v) is 3.73. The lowest BCUT2D eigenvalue weighted by Crippen LogP contribution is -1.92. The first-order valence-electron chi connectivity index (χ1n) is 4.89. The van der Waals surface area contributed by atoms with E-state index in [1.165, 1.54) is 11.1 Å².